The molecule has 0 aliphatic heterocycles. The van der Waals surface area contributed by atoms with Gasteiger partial charge in [-0.05, 0) is 52.2 Å². The summed E-state index contributed by atoms with van der Waals surface area (Å²) in [6.45, 7) is 4.97. The Balaban J connectivity index is 2.88. The molecule has 0 unspecified atom stereocenters. The van der Waals surface area contributed by atoms with Crippen LogP contribution in [0.2, 0.25) is 5.02 Å². The number of hydrogen-bond donors (Lipinski definition) is 2. The zero-order valence-electron chi connectivity index (χ0n) is 11.9. The van der Waals surface area contributed by atoms with Crippen LogP contribution in [0.1, 0.15) is 18.9 Å². The van der Waals surface area contributed by atoms with Crippen LogP contribution in [-0.2, 0) is 0 Å². The van der Waals surface area contributed by atoms with Gasteiger partial charge >= 0.3 is 0 Å². The number of halogens is 1. The monoisotopic (exact) mass is 282 g/mol. The normalized spacial score (nSPS) is 10.8. The Labute approximate surface area is 120 Å². The van der Waals surface area contributed by atoms with Crippen LogP contribution < -0.4 is 10.6 Å². The third kappa shape index (κ3) is 4.73. The summed E-state index contributed by atoms with van der Waals surface area (Å²) in [6, 6.07) is 5.55. The van der Waals surface area contributed by atoms with Gasteiger partial charge in [0.15, 0.2) is 0 Å². The van der Waals surface area contributed by atoms with Gasteiger partial charge in [-0.3, -0.25) is 5.41 Å². The van der Waals surface area contributed by atoms with Crippen molar-refractivity contribution in [3.8, 4) is 0 Å². The Morgan fingerprint density at radius 1 is 1.32 bits per heavy atom. The Hall–Kier alpha value is -1.26. The molecule has 0 bridgehead atoms. The Kier molecular flexibility index (Phi) is 6.12. The van der Waals surface area contributed by atoms with Crippen LogP contribution in [-0.4, -0.2) is 44.5 Å². The molecule has 0 atom stereocenters. The van der Waals surface area contributed by atoms with Gasteiger partial charge in [-0.25, -0.2) is 0 Å². The van der Waals surface area contributed by atoms with E-state index < -0.39 is 0 Å². The highest BCUT2D eigenvalue weighted by atomic mass is 35.5. The van der Waals surface area contributed by atoms with Gasteiger partial charge in [0.05, 0.1) is 0 Å². The third-order valence-electron chi connectivity index (χ3n) is 3.00. The van der Waals surface area contributed by atoms with E-state index in [0.717, 1.165) is 31.7 Å². The van der Waals surface area contributed by atoms with Gasteiger partial charge < -0.3 is 15.5 Å². The van der Waals surface area contributed by atoms with Gasteiger partial charge in [-0.2, -0.15) is 0 Å². The lowest BCUT2D eigenvalue weighted by Gasteiger charge is -2.26. The van der Waals surface area contributed by atoms with Crippen molar-refractivity contribution in [1.82, 2.24) is 4.90 Å². The molecule has 0 radical (unpaired) electrons. The zero-order chi connectivity index (χ0) is 14.4. The highest BCUT2D eigenvalue weighted by Gasteiger charge is 2.12. The molecule has 3 N–H and O–H groups in total. The molecule has 0 aliphatic carbocycles. The molecule has 1 aromatic rings. The number of nitrogens with two attached hydrogens (primary N) is 1. The summed E-state index contributed by atoms with van der Waals surface area (Å²) >= 11 is 5.98. The van der Waals surface area contributed by atoms with Crippen LogP contribution >= 0.6 is 11.6 Å². The molecule has 1 aromatic carbocycles. The first kappa shape index (κ1) is 15.8. The smallest absolute Gasteiger partial charge is 0.124 e. The molecule has 0 saturated heterocycles. The van der Waals surface area contributed by atoms with Crippen LogP contribution in [0.4, 0.5) is 5.69 Å². The number of nitrogen functional groups attached to an aromatic ring is 1. The first-order valence-corrected chi connectivity index (χ1v) is 6.87. The Bertz CT molecular complexity index is 431. The molecule has 106 valence electrons. The maximum atomic E-state index is 7.67. The number of rotatable bonds is 7. The molecule has 0 heterocycles. The quantitative estimate of drug-likeness (QED) is 0.596. The average molecular weight is 283 g/mol. The van der Waals surface area contributed by atoms with Gasteiger partial charge in [0.2, 0.25) is 0 Å². The summed E-state index contributed by atoms with van der Waals surface area (Å²) in [4.78, 5) is 4.40. The second-order valence-corrected chi connectivity index (χ2v) is 5.25. The molecule has 0 saturated carbocycles. The number of nitrogens with zero attached hydrogens (tertiary/aromatic N) is 2. The molecule has 5 heteroatoms. The molecule has 19 heavy (non-hydrogen) atoms. The van der Waals surface area contributed by atoms with Crippen molar-refractivity contribution >= 4 is 23.1 Å². The van der Waals surface area contributed by atoms with E-state index in [1.165, 1.54) is 0 Å². The van der Waals surface area contributed by atoms with Crippen LogP contribution in [0.5, 0.6) is 0 Å². The minimum Gasteiger partial charge on any atom is -0.384 e. The van der Waals surface area contributed by atoms with Crippen molar-refractivity contribution in [1.29, 1.82) is 5.41 Å². The minimum atomic E-state index is 0.0589. The van der Waals surface area contributed by atoms with Crippen LogP contribution in [0.3, 0.4) is 0 Å². The van der Waals surface area contributed by atoms with Crippen molar-refractivity contribution in [3.63, 3.8) is 0 Å². The predicted octanol–water partition coefficient (Wildman–Crippen LogP) is 2.40. The van der Waals surface area contributed by atoms with Crippen LogP contribution in [0, 0.1) is 5.41 Å². The maximum Gasteiger partial charge on any atom is 0.124 e. The fourth-order valence-electron chi connectivity index (χ4n) is 2.03. The largest absolute Gasteiger partial charge is 0.384 e. The van der Waals surface area contributed by atoms with Crippen LogP contribution in [0.15, 0.2) is 18.2 Å². The molecule has 0 amide bonds. The Morgan fingerprint density at radius 3 is 2.53 bits per heavy atom. The number of benzene rings is 1. The highest BCUT2D eigenvalue weighted by Crippen LogP contribution is 2.24. The highest BCUT2D eigenvalue weighted by molar-refractivity contribution is 6.31. The molecule has 4 nitrogen and oxygen atoms in total. The molecule has 1 rings (SSSR count). The lowest BCUT2D eigenvalue weighted by Crippen LogP contribution is -2.29. The number of hydrogen-bond acceptors (Lipinski definition) is 3. The molecule has 0 aliphatic rings. The van der Waals surface area contributed by atoms with Crippen molar-refractivity contribution in [2.24, 2.45) is 5.73 Å². The molecular weight excluding hydrogens is 260 g/mol. The van der Waals surface area contributed by atoms with Gasteiger partial charge in [-0.15, -0.1) is 0 Å². The molecule has 0 spiro atoms. The summed E-state index contributed by atoms with van der Waals surface area (Å²) in [6.07, 6.45) is 1.07. The zero-order valence-corrected chi connectivity index (χ0v) is 12.7. The minimum absolute atomic E-state index is 0.0589. The fourth-order valence-corrected chi connectivity index (χ4v) is 2.20. The molecular formula is C14H23ClN4. The molecule has 0 aromatic heterocycles. The van der Waals surface area contributed by atoms with E-state index in [9.17, 15) is 0 Å². The second kappa shape index (κ2) is 7.36. The van der Waals surface area contributed by atoms with Gasteiger partial charge in [0.1, 0.15) is 5.84 Å². The van der Waals surface area contributed by atoms with Crippen molar-refractivity contribution in [2.75, 3.05) is 38.6 Å². The van der Waals surface area contributed by atoms with Gasteiger partial charge in [-0.1, -0.05) is 11.6 Å². The van der Waals surface area contributed by atoms with E-state index in [4.69, 9.17) is 22.7 Å². The summed E-state index contributed by atoms with van der Waals surface area (Å²) in [7, 11) is 4.14. The first-order chi connectivity index (χ1) is 8.95. The number of amidine groups is 1. The number of anilines is 1. The van der Waals surface area contributed by atoms with E-state index in [-0.39, 0.29) is 5.84 Å². The van der Waals surface area contributed by atoms with Crippen molar-refractivity contribution in [3.05, 3.63) is 28.8 Å². The lowest BCUT2D eigenvalue weighted by atomic mass is 10.1. The van der Waals surface area contributed by atoms with Crippen molar-refractivity contribution in [2.45, 2.75) is 13.3 Å². The first-order valence-electron chi connectivity index (χ1n) is 6.49. The summed E-state index contributed by atoms with van der Waals surface area (Å²) in [5, 5.41) is 8.28. The van der Waals surface area contributed by atoms with Crippen molar-refractivity contribution < 1.29 is 0 Å². The topological polar surface area (TPSA) is 56.4 Å². The molecule has 0 fully saturated rings. The summed E-state index contributed by atoms with van der Waals surface area (Å²) in [5.41, 5.74) is 7.33. The second-order valence-electron chi connectivity index (χ2n) is 4.81. The van der Waals surface area contributed by atoms with E-state index in [0.29, 0.717) is 10.6 Å². The van der Waals surface area contributed by atoms with E-state index >= 15 is 0 Å². The van der Waals surface area contributed by atoms with Gasteiger partial charge in [0.25, 0.3) is 0 Å². The third-order valence-corrected chi connectivity index (χ3v) is 3.24. The standard InChI is InChI=1S/C14H23ClN4/c1-4-19(9-5-8-18(2)3)13-7-6-11(15)10-12(13)14(16)17/h6-7,10H,4-5,8-9H2,1-3H3,(H3,16,17). The SMILES string of the molecule is CCN(CCCN(C)C)c1ccc(Cl)cc1C(=N)N. The van der Waals surface area contributed by atoms with Crippen LogP contribution in [0.25, 0.3) is 0 Å². The van der Waals surface area contributed by atoms with E-state index in [1.807, 2.05) is 12.1 Å². The van der Waals surface area contributed by atoms with Gasteiger partial charge in [0, 0.05) is 29.4 Å². The fraction of sp³-hybridized carbons (Fsp3) is 0.500. The number of nitrogens with one attached hydrogen (secondary N) is 1. The Morgan fingerprint density at radius 2 is 2.00 bits per heavy atom. The van der Waals surface area contributed by atoms with E-state index in [1.54, 1.807) is 6.07 Å². The summed E-state index contributed by atoms with van der Waals surface area (Å²) < 4.78 is 0. The van der Waals surface area contributed by atoms with E-state index in [2.05, 4.69) is 30.8 Å². The average Bonchev–Trinajstić information content (AvgIpc) is 2.34. The summed E-state index contributed by atoms with van der Waals surface area (Å²) in [5.74, 6) is 0.0589. The lowest BCUT2D eigenvalue weighted by molar-refractivity contribution is 0.400. The predicted molar refractivity (Wildman–Crippen MR) is 83.5 cm³/mol. The maximum absolute atomic E-state index is 7.67.